The van der Waals surface area contributed by atoms with Crippen LogP contribution in [0.4, 0.5) is 24.8 Å². The van der Waals surface area contributed by atoms with E-state index in [0.717, 1.165) is 39.9 Å². The van der Waals surface area contributed by atoms with Crippen LogP contribution in [0.5, 0.6) is 0 Å². The summed E-state index contributed by atoms with van der Waals surface area (Å²) in [6, 6.07) is 19.8. The first kappa shape index (κ1) is 21.3. The molecule has 3 aromatic carbocycles. The molecule has 4 aromatic rings. The molecule has 0 spiro atoms. The number of aryl methyl sites for hydroxylation is 1. The Bertz CT molecular complexity index is 1260. The van der Waals surface area contributed by atoms with Gasteiger partial charge in [0, 0.05) is 16.6 Å². The highest BCUT2D eigenvalue weighted by molar-refractivity contribution is 5.95. The molecule has 0 unspecified atom stereocenters. The number of nitrogens with zero attached hydrogens (tertiary/aromatic N) is 2. The van der Waals surface area contributed by atoms with E-state index in [9.17, 15) is 18.0 Å². The monoisotopic (exact) mass is 436 g/mol. The van der Waals surface area contributed by atoms with E-state index in [-0.39, 0.29) is 18.2 Å². The maximum absolute atomic E-state index is 12.7. The normalized spacial score (nSPS) is 11.4. The average Bonchev–Trinajstić information content (AvgIpc) is 2.77. The summed E-state index contributed by atoms with van der Waals surface area (Å²) in [5, 5.41) is 6.36. The van der Waals surface area contributed by atoms with E-state index in [0.29, 0.717) is 0 Å². The fourth-order valence-corrected chi connectivity index (χ4v) is 3.24. The third-order valence-corrected chi connectivity index (χ3v) is 4.80. The lowest BCUT2D eigenvalue weighted by molar-refractivity contribution is -0.137. The number of fused-ring (bicyclic) bond motifs is 1. The predicted molar refractivity (Wildman–Crippen MR) is 118 cm³/mol. The fourth-order valence-electron chi connectivity index (χ4n) is 3.24. The minimum Gasteiger partial charge on any atom is -0.345 e. The van der Waals surface area contributed by atoms with Crippen LogP contribution in [0, 0.1) is 6.92 Å². The highest BCUT2D eigenvalue weighted by Gasteiger charge is 2.30. The second-order valence-electron chi connectivity index (χ2n) is 7.26. The quantitative estimate of drug-likeness (QED) is 0.423. The molecule has 5 nitrogen and oxygen atoms in total. The molecular weight excluding hydrogens is 417 g/mol. The Balaban J connectivity index is 1.52. The molecule has 0 atom stereocenters. The zero-order chi connectivity index (χ0) is 22.7. The number of aromatic nitrogens is 2. The standard InChI is InChI=1S/C24H19F3N4O/c1-15-7-12-20-19(13-15)22(16-5-3-2-4-6-16)31-23(30-20)28-14-21(32)29-18-10-8-17(9-11-18)24(25,26)27/h2-13H,14H2,1H3,(H,29,32)(H,28,30,31). The highest BCUT2D eigenvalue weighted by atomic mass is 19.4. The summed E-state index contributed by atoms with van der Waals surface area (Å²) in [5.41, 5.74) is 2.96. The molecule has 8 heteroatoms. The van der Waals surface area contributed by atoms with Crippen LogP contribution in [-0.2, 0) is 11.0 Å². The molecule has 162 valence electrons. The van der Waals surface area contributed by atoms with Gasteiger partial charge in [-0.25, -0.2) is 9.97 Å². The Morgan fingerprint density at radius 2 is 1.66 bits per heavy atom. The Hall–Kier alpha value is -3.94. The maximum atomic E-state index is 12.7. The topological polar surface area (TPSA) is 66.9 Å². The van der Waals surface area contributed by atoms with E-state index >= 15 is 0 Å². The maximum Gasteiger partial charge on any atom is 0.416 e. The number of carbonyl (C=O) groups is 1. The molecule has 0 aliphatic carbocycles. The van der Waals surface area contributed by atoms with Crippen molar-refractivity contribution in [2.45, 2.75) is 13.1 Å². The van der Waals surface area contributed by atoms with Gasteiger partial charge in [-0.05, 0) is 43.3 Å². The fraction of sp³-hybridized carbons (Fsp3) is 0.125. The lowest BCUT2D eigenvalue weighted by Gasteiger charge is -2.12. The molecular formula is C24H19F3N4O. The summed E-state index contributed by atoms with van der Waals surface area (Å²) in [5.74, 6) is -0.151. The van der Waals surface area contributed by atoms with E-state index in [2.05, 4.69) is 20.6 Å². The molecule has 0 saturated carbocycles. The molecule has 1 heterocycles. The van der Waals surface area contributed by atoms with Crippen molar-refractivity contribution in [2.75, 3.05) is 17.2 Å². The minimum atomic E-state index is -4.42. The van der Waals surface area contributed by atoms with Crippen molar-refractivity contribution < 1.29 is 18.0 Å². The number of alkyl halides is 3. The van der Waals surface area contributed by atoms with Crippen molar-refractivity contribution in [3.05, 3.63) is 83.9 Å². The van der Waals surface area contributed by atoms with Gasteiger partial charge in [-0.1, -0.05) is 42.0 Å². The van der Waals surface area contributed by atoms with E-state index in [1.54, 1.807) is 0 Å². The largest absolute Gasteiger partial charge is 0.416 e. The van der Waals surface area contributed by atoms with Gasteiger partial charge < -0.3 is 10.6 Å². The van der Waals surface area contributed by atoms with Crippen LogP contribution in [-0.4, -0.2) is 22.4 Å². The van der Waals surface area contributed by atoms with Crippen LogP contribution in [0.1, 0.15) is 11.1 Å². The van der Waals surface area contributed by atoms with Crippen molar-refractivity contribution >= 4 is 28.4 Å². The van der Waals surface area contributed by atoms with Crippen LogP contribution in [0.25, 0.3) is 22.2 Å². The van der Waals surface area contributed by atoms with Gasteiger partial charge in [0.15, 0.2) is 0 Å². The van der Waals surface area contributed by atoms with Crippen molar-refractivity contribution in [1.29, 1.82) is 0 Å². The molecule has 0 saturated heterocycles. The van der Waals surface area contributed by atoms with Crippen molar-refractivity contribution in [1.82, 2.24) is 9.97 Å². The lowest BCUT2D eigenvalue weighted by atomic mass is 10.0. The van der Waals surface area contributed by atoms with Crippen molar-refractivity contribution in [2.24, 2.45) is 0 Å². The number of benzene rings is 3. The Kier molecular flexibility index (Phi) is 5.77. The summed E-state index contributed by atoms with van der Waals surface area (Å²) in [6.07, 6.45) is -4.42. The van der Waals surface area contributed by atoms with Crippen molar-refractivity contribution in [3.8, 4) is 11.3 Å². The molecule has 0 bridgehead atoms. The van der Waals surface area contributed by atoms with Crippen LogP contribution in [0.15, 0.2) is 72.8 Å². The van der Waals surface area contributed by atoms with E-state index in [4.69, 9.17) is 0 Å². The van der Waals surface area contributed by atoms with Gasteiger partial charge in [0.2, 0.25) is 11.9 Å². The molecule has 0 aliphatic heterocycles. The second-order valence-corrected chi connectivity index (χ2v) is 7.26. The number of anilines is 2. The molecule has 0 radical (unpaired) electrons. The molecule has 1 aromatic heterocycles. The summed E-state index contributed by atoms with van der Waals surface area (Å²) >= 11 is 0. The lowest BCUT2D eigenvalue weighted by Crippen LogP contribution is -2.22. The van der Waals surface area contributed by atoms with E-state index in [1.807, 2.05) is 55.5 Å². The first-order valence-corrected chi connectivity index (χ1v) is 9.84. The van der Waals surface area contributed by atoms with Crippen molar-refractivity contribution in [3.63, 3.8) is 0 Å². The van der Waals surface area contributed by atoms with Gasteiger partial charge in [-0.3, -0.25) is 4.79 Å². The number of rotatable bonds is 5. The van der Waals surface area contributed by atoms with Gasteiger partial charge in [0.25, 0.3) is 0 Å². The minimum absolute atomic E-state index is 0.146. The summed E-state index contributed by atoms with van der Waals surface area (Å²) in [7, 11) is 0. The third-order valence-electron chi connectivity index (χ3n) is 4.80. The number of hydrogen-bond acceptors (Lipinski definition) is 4. The van der Waals surface area contributed by atoms with E-state index in [1.165, 1.54) is 12.1 Å². The molecule has 32 heavy (non-hydrogen) atoms. The van der Waals surface area contributed by atoms with Crippen LogP contribution in [0.2, 0.25) is 0 Å². The molecule has 0 aliphatic rings. The van der Waals surface area contributed by atoms with Gasteiger partial charge in [-0.2, -0.15) is 13.2 Å². The molecule has 2 N–H and O–H groups in total. The number of carbonyl (C=O) groups excluding carboxylic acids is 1. The zero-order valence-electron chi connectivity index (χ0n) is 17.1. The molecule has 0 fully saturated rings. The smallest absolute Gasteiger partial charge is 0.345 e. The first-order valence-electron chi connectivity index (χ1n) is 9.84. The zero-order valence-corrected chi connectivity index (χ0v) is 17.1. The molecule has 1 amide bonds. The van der Waals surface area contributed by atoms with Crippen LogP contribution in [0.3, 0.4) is 0 Å². The first-order chi connectivity index (χ1) is 15.3. The number of nitrogens with one attached hydrogen (secondary N) is 2. The van der Waals surface area contributed by atoms with Crippen LogP contribution >= 0.6 is 0 Å². The summed E-state index contributed by atoms with van der Waals surface area (Å²) in [6.45, 7) is 1.85. The SMILES string of the molecule is Cc1ccc2nc(NCC(=O)Nc3ccc(C(F)(F)F)cc3)nc(-c3ccccc3)c2c1. The average molecular weight is 436 g/mol. The third kappa shape index (κ3) is 4.85. The Morgan fingerprint density at radius 3 is 2.34 bits per heavy atom. The van der Waals surface area contributed by atoms with Crippen LogP contribution < -0.4 is 10.6 Å². The Morgan fingerprint density at radius 1 is 0.938 bits per heavy atom. The number of amides is 1. The van der Waals surface area contributed by atoms with Gasteiger partial charge >= 0.3 is 6.18 Å². The van der Waals surface area contributed by atoms with Gasteiger partial charge in [0.05, 0.1) is 23.3 Å². The predicted octanol–water partition coefficient (Wildman–Crippen LogP) is 5.67. The summed E-state index contributed by atoms with van der Waals surface area (Å²) < 4.78 is 38.0. The van der Waals surface area contributed by atoms with E-state index < -0.39 is 17.6 Å². The number of hydrogen-bond donors (Lipinski definition) is 2. The summed E-state index contributed by atoms with van der Waals surface area (Å²) in [4.78, 5) is 21.4. The second kappa shape index (κ2) is 8.66. The van der Waals surface area contributed by atoms with Gasteiger partial charge in [-0.15, -0.1) is 0 Å². The Labute approximate surface area is 182 Å². The number of halogens is 3. The molecule has 4 rings (SSSR count). The highest BCUT2D eigenvalue weighted by Crippen LogP contribution is 2.30. The van der Waals surface area contributed by atoms with Gasteiger partial charge in [0.1, 0.15) is 0 Å².